The molecule has 2 aromatic rings. The van der Waals surface area contributed by atoms with Crippen LogP contribution in [0.25, 0.3) is 0 Å². The van der Waals surface area contributed by atoms with Gasteiger partial charge in [0.2, 0.25) is 5.79 Å². The smallest absolute Gasteiger partial charge is 0.225 e. The summed E-state index contributed by atoms with van der Waals surface area (Å²) in [6.45, 7) is 0.577. The normalized spacial score (nSPS) is 21.0. The lowest BCUT2D eigenvalue weighted by Gasteiger charge is -2.26. The number of hydrogen-bond donors (Lipinski definition) is 1. The third kappa shape index (κ3) is 2.96. The summed E-state index contributed by atoms with van der Waals surface area (Å²) in [6, 6.07) is 6.56. The van der Waals surface area contributed by atoms with Crippen LogP contribution >= 0.6 is 23.2 Å². The molecule has 3 nitrogen and oxygen atoms in total. The average molecular weight is 324 g/mol. The van der Waals surface area contributed by atoms with Crippen molar-refractivity contribution in [3.05, 3.63) is 76.2 Å². The topological polar surface area (TPSA) is 29.9 Å². The van der Waals surface area contributed by atoms with Gasteiger partial charge in [-0.1, -0.05) is 35.3 Å². The van der Waals surface area contributed by atoms with Crippen molar-refractivity contribution in [1.82, 2.24) is 15.1 Å². The molecule has 108 valence electrons. The molecule has 0 bridgehead atoms. The number of benzene rings is 1. The van der Waals surface area contributed by atoms with Crippen LogP contribution in [0.15, 0.2) is 60.6 Å². The molecule has 1 aliphatic heterocycles. The van der Waals surface area contributed by atoms with E-state index in [1.54, 1.807) is 35.3 Å². The van der Waals surface area contributed by atoms with Crippen molar-refractivity contribution in [1.29, 1.82) is 0 Å². The van der Waals surface area contributed by atoms with Gasteiger partial charge in [-0.2, -0.15) is 5.10 Å². The summed E-state index contributed by atoms with van der Waals surface area (Å²) in [5.41, 5.74) is 1.33. The highest BCUT2D eigenvalue weighted by Crippen LogP contribution is 2.32. The van der Waals surface area contributed by atoms with Crippen molar-refractivity contribution < 1.29 is 4.39 Å². The molecule has 1 atom stereocenters. The van der Waals surface area contributed by atoms with E-state index in [9.17, 15) is 4.39 Å². The molecule has 1 N–H and O–H groups in total. The largest absolute Gasteiger partial charge is 0.352 e. The Labute approximate surface area is 131 Å². The second-order valence-electron chi connectivity index (χ2n) is 4.74. The third-order valence-electron chi connectivity index (χ3n) is 3.24. The summed E-state index contributed by atoms with van der Waals surface area (Å²) in [5, 5.41) is 7.61. The zero-order valence-electron chi connectivity index (χ0n) is 10.9. The number of nitrogens with zero attached hydrogens (tertiary/aromatic N) is 2. The maximum absolute atomic E-state index is 14.9. The summed E-state index contributed by atoms with van der Waals surface area (Å²) < 4.78 is 16.7. The van der Waals surface area contributed by atoms with E-state index in [0.717, 1.165) is 5.57 Å². The van der Waals surface area contributed by atoms with Crippen LogP contribution < -0.4 is 5.32 Å². The van der Waals surface area contributed by atoms with Gasteiger partial charge >= 0.3 is 0 Å². The van der Waals surface area contributed by atoms with E-state index in [1.165, 1.54) is 12.1 Å². The molecule has 0 spiro atoms. The van der Waals surface area contributed by atoms with Crippen LogP contribution in [0.3, 0.4) is 0 Å². The van der Waals surface area contributed by atoms with Gasteiger partial charge in [-0.05, 0) is 29.8 Å². The molecule has 1 aromatic carbocycles. The quantitative estimate of drug-likeness (QED) is 0.863. The van der Waals surface area contributed by atoms with Gasteiger partial charge in [0.05, 0.1) is 16.6 Å². The number of rotatable bonds is 3. The summed E-state index contributed by atoms with van der Waals surface area (Å²) >= 11 is 11.8. The average Bonchev–Trinajstić information content (AvgIpc) is 2.97. The Hall–Kier alpha value is -1.78. The van der Waals surface area contributed by atoms with E-state index < -0.39 is 5.79 Å². The first-order chi connectivity index (χ1) is 10.1. The van der Waals surface area contributed by atoms with Crippen molar-refractivity contribution in [3.8, 4) is 0 Å². The molecule has 1 unspecified atom stereocenters. The zero-order valence-corrected chi connectivity index (χ0v) is 12.4. The van der Waals surface area contributed by atoms with E-state index in [0.29, 0.717) is 22.2 Å². The van der Waals surface area contributed by atoms with Gasteiger partial charge in [0.25, 0.3) is 0 Å². The van der Waals surface area contributed by atoms with E-state index >= 15 is 0 Å². The summed E-state index contributed by atoms with van der Waals surface area (Å²) in [6.07, 6.45) is 8.40. The highest BCUT2D eigenvalue weighted by molar-refractivity contribution is 6.42. The molecule has 1 aliphatic rings. The van der Waals surface area contributed by atoms with Gasteiger partial charge in [0, 0.05) is 24.2 Å². The fraction of sp³-hybridized carbons (Fsp3) is 0.133. The van der Waals surface area contributed by atoms with Crippen LogP contribution in [0, 0.1) is 0 Å². The molecule has 3 rings (SSSR count). The molecule has 0 radical (unpaired) electrons. The number of nitrogens with one attached hydrogen (secondary N) is 1. The van der Waals surface area contributed by atoms with Crippen LogP contribution in [-0.2, 0) is 12.3 Å². The molecule has 6 heteroatoms. The Kier molecular flexibility index (Phi) is 3.74. The first-order valence-corrected chi connectivity index (χ1v) is 7.10. The predicted octanol–water partition coefficient (Wildman–Crippen LogP) is 4.06. The molecular formula is C15H12Cl2FN3. The van der Waals surface area contributed by atoms with Crippen molar-refractivity contribution in [3.63, 3.8) is 0 Å². The highest BCUT2D eigenvalue weighted by atomic mass is 35.5. The lowest BCUT2D eigenvalue weighted by atomic mass is 10.0. The van der Waals surface area contributed by atoms with Gasteiger partial charge in [0.1, 0.15) is 0 Å². The van der Waals surface area contributed by atoms with Crippen LogP contribution in [-0.4, -0.2) is 9.78 Å². The van der Waals surface area contributed by atoms with Crippen molar-refractivity contribution >= 4 is 23.2 Å². The summed E-state index contributed by atoms with van der Waals surface area (Å²) in [4.78, 5) is 0. The Morgan fingerprint density at radius 1 is 1.29 bits per heavy atom. The van der Waals surface area contributed by atoms with Crippen molar-refractivity contribution in [2.24, 2.45) is 0 Å². The van der Waals surface area contributed by atoms with Crippen LogP contribution in [0.1, 0.15) is 5.56 Å². The molecule has 0 aliphatic carbocycles. The number of dihydropyridines is 1. The minimum Gasteiger partial charge on any atom is -0.352 e. The minimum absolute atomic E-state index is 0.327. The lowest BCUT2D eigenvalue weighted by Crippen LogP contribution is -2.34. The molecule has 0 saturated heterocycles. The van der Waals surface area contributed by atoms with E-state index in [1.807, 2.05) is 12.3 Å². The van der Waals surface area contributed by atoms with E-state index in [2.05, 4.69) is 10.4 Å². The van der Waals surface area contributed by atoms with Gasteiger partial charge in [0.15, 0.2) is 0 Å². The second-order valence-corrected chi connectivity index (χ2v) is 5.56. The molecule has 0 amide bonds. The van der Waals surface area contributed by atoms with Crippen LogP contribution in [0.2, 0.25) is 10.0 Å². The Bertz CT molecular complexity index is 710. The van der Waals surface area contributed by atoms with Crippen LogP contribution in [0.4, 0.5) is 4.39 Å². The van der Waals surface area contributed by atoms with Crippen molar-refractivity contribution in [2.75, 3.05) is 0 Å². The number of halogens is 3. The minimum atomic E-state index is -1.79. The standard InChI is InChI=1S/C15H12Cl2FN3/c16-13-3-2-12(8-14(13)17)15(18)5-4-11(9-19-15)10-21-7-1-6-20-21/h1-9,19H,10H2. The Balaban J connectivity index is 1.78. The number of hydrogen-bond acceptors (Lipinski definition) is 2. The molecule has 0 fully saturated rings. The molecule has 2 heterocycles. The fourth-order valence-corrected chi connectivity index (χ4v) is 2.40. The number of aromatic nitrogens is 2. The van der Waals surface area contributed by atoms with E-state index in [-0.39, 0.29) is 0 Å². The first kappa shape index (κ1) is 14.2. The lowest BCUT2D eigenvalue weighted by molar-refractivity contribution is 0.198. The Morgan fingerprint density at radius 3 is 2.76 bits per heavy atom. The van der Waals surface area contributed by atoms with E-state index in [4.69, 9.17) is 23.2 Å². The molecular weight excluding hydrogens is 312 g/mol. The molecule has 0 saturated carbocycles. The van der Waals surface area contributed by atoms with Crippen LogP contribution in [0.5, 0.6) is 0 Å². The SMILES string of the molecule is FC1(c2ccc(Cl)c(Cl)c2)C=CC(Cn2cccn2)=CN1. The Morgan fingerprint density at radius 2 is 2.14 bits per heavy atom. The predicted molar refractivity (Wildman–Crippen MR) is 81.8 cm³/mol. The highest BCUT2D eigenvalue weighted by Gasteiger charge is 2.30. The maximum atomic E-state index is 14.9. The molecule has 21 heavy (non-hydrogen) atoms. The third-order valence-corrected chi connectivity index (χ3v) is 3.98. The molecule has 1 aromatic heterocycles. The number of allylic oxidation sites excluding steroid dienone is 2. The monoisotopic (exact) mass is 323 g/mol. The zero-order chi connectivity index (χ0) is 14.9. The second kappa shape index (κ2) is 5.54. The maximum Gasteiger partial charge on any atom is 0.225 e. The van der Waals surface area contributed by atoms with Gasteiger partial charge in [-0.15, -0.1) is 0 Å². The van der Waals surface area contributed by atoms with Crippen molar-refractivity contribution in [2.45, 2.75) is 12.3 Å². The van der Waals surface area contributed by atoms with Gasteiger partial charge in [-0.25, -0.2) is 4.39 Å². The van der Waals surface area contributed by atoms with Gasteiger partial charge in [-0.3, -0.25) is 4.68 Å². The first-order valence-electron chi connectivity index (χ1n) is 6.35. The summed E-state index contributed by atoms with van der Waals surface area (Å²) in [7, 11) is 0. The summed E-state index contributed by atoms with van der Waals surface area (Å²) in [5.74, 6) is -1.79. The van der Waals surface area contributed by atoms with Gasteiger partial charge < -0.3 is 5.32 Å². The number of alkyl halides is 1. The fourth-order valence-electron chi connectivity index (χ4n) is 2.10.